The summed E-state index contributed by atoms with van der Waals surface area (Å²) < 4.78 is 31.5. The minimum Gasteiger partial charge on any atom is -0.362 e. The maximum Gasteiger partial charge on any atom is 0.254 e. The van der Waals surface area contributed by atoms with Gasteiger partial charge in [0.2, 0.25) is 5.91 Å². The average molecular weight is 378 g/mol. The Balaban J connectivity index is 1.82. The maximum absolute atomic E-state index is 13.0. The highest BCUT2D eigenvalue weighted by molar-refractivity contribution is 5.91. The van der Waals surface area contributed by atoms with Gasteiger partial charge >= 0.3 is 0 Å². The molecule has 2 aromatic rings. The zero-order valence-corrected chi connectivity index (χ0v) is 16.0. The van der Waals surface area contributed by atoms with Crippen molar-refractivity contribution < 1.29 is 18.1 Å². The van der Waals surface area contributed by atoms with Crippen molar-refractivity contribution in [3.8, 4) is 0 Å². The van der Waals surface area contributed by atoms with Gasteiger partial charge in [-0.1, -0.05) is 5.16 Å². The summed E-state index contributed by atoms with van der Waals surface area (Å²) in [5.41, 5.74) is 4.47. The molecule has 1 aliphatic heterocycles. The molecule has 0 aliphatic carbocycles. The fraction of sp³-hybridized carbons (Fsp3) is 0.526. The van der Waals surface area contributed by atoms with Crippen LogP contribution in [-0.2, 0) is 17.8 Å². The lowest BCUT2D eigenvalue weighted by Gasteiger charge is -2.30. The predicted molar refractivity (Wildman–Crippen MR) is 98.2 cm³/mol. The molecule has 0 atom stereocenters. The molecule has 1 aliphatic rings. The van der Waals surface area contributed by atoms with Gasteiger partial charge in [0.05, 0.1) is 30.0 Å². The number of hydrogen-bond donors (Lipinski definition) is 1. The fourth-order valence-corrected chi connectivity index (χ4v) is 3.18. The van der Waals surface area contributed by atoms with E-state index >= 15 is 0 Å². The summed E-state index contributed by atoms with van der Waals surface area (Å²) in [7, 11) is 0. The number of pyridine rings is 1. The predicted octanol–water partition coefficient (Wildman–Crippen LogP) is 3.93. The van der Waals surface area contributed by atoms with Gasteiger partial charge in [0.1, 0.15) is 5.82 Å². The molecule has 0 bridgehead atoms. The SMILES string of the molecule is Cc1cc2c(nc1NC(=O)CC(C)(F)F)CCCN2Cc1onc(C)c1C. The van der Waals surface area contributed by atoms with Gasteiger partial charge in [-0.3, -0.25) is 4.79 Å². The summed E-state index contributed by atoms with van der Waals surface area (Å²) in [4.78, 5) is 18.5. The number of anilines is 2. The van der Waals surface area contributed by atoms with Crippen LogP contribution in [0.4, 0.5) is 20.3 Å². The second-order valence-electron chi connectivity index (χ2n) is 7.26. The second kappa shape index (κ2) is 7.25. The second-order valence-corrected chi connectivity index (χ2v) is 7.26. The number of fused-ring (bicyclic) bond motifs is 1. The third-order valence-corrected chi connectivity index (χ3v) is 4.77. The van der Waals surface area contributed by atoms with Gasteiger partial charge in [0, 0.05) is 12.1 Å². The number of aryl methyl sites for hydroxylation is 3. The van der Waals surface area contributed by atoms with E-state index in [1.807, 2.05) is 26.8 Å². The first kappa shape index (κ1) is 19.3. The number of alkyl halides is 2. The average Bonchev–Trinajstić information content (AvgIpc) is 2.86. The number of carbonyl (C=O) groups is 1. The summed E-state index contributed by atoms with van der Waals surface area (Å²) in [6.07, 6.45) is 0.824. The first-order valence-electron chi connectivity index (χ1n) is 8.99. The van der Waals surface area contributed by atoms with Gasteiger partial charge in [0.25, 0.3) is 5.92 Å². The van der Waals surface area contributed by atoms with E-state index in [2.05, 4.69) is 20.4 Å². The van der Waals surface area contributed by atoms with Crippen molar-refractivity contribution in [2.75, 3.05) is 16.8 Å². The van der Waals surface area contributed by atoms with Crippen molar-refractivity contribution in [2.24, 2.45) is 0 Å². The van der Waals surface area contributed by atoms with E-state index in [0.29, 0.717) is 12.4 Å². The number of halogens is 2. The molecule has 0 fully saturated rings. The van der Waals surface area contributed by atoms with Crippen LogP contribution in [0.2, 0.25) is 0 Å². The fourth-order valence-electron chi connectivity index (χ4n) is 3.18. The molecule has 6 nitrogen and oxygen atoms in total. The summed E-state index contributed by atoms with van der Waals surface area (Å²) in [5.74, 6) is -2.62. The molecule has 27 heavy (non-hydrogen) atoms. The number of rotatable bonds is 5. The first-order valence-corrected chi connectivity index (χ1v) is 8.99. The number of aromatic nitrogens is 2. The van der Waals surface area contributed by atoms with Crippen LogP contribution >= 0.6 is 0 Å². The lowest BCUT2D eigenvalue weighted by molar-refractivity contribution is -0.122. The van der Waals surface area contributed by atoms with E-state index in [9.17, 15) is 13.6 Å². The number of amides is 1. The van der Waals surface area contributed by atoms with E-state index in [-0.39, 0.29) is 0 Å². The van der Waals surface area contributed by atoms with Crippen LogP contribution in [-0.4, -0.2) is 28.5 Å². The minimum absolute atomic E-state index is 0.344. The van der Waals surface area contributed by atoms with E-state index < -0.39 is 18.3 Å². The minimum atomic E-state index is -3.05. The molecule has 0 unspecified atom stereocenters. The molecule has 0 spiro atoms. The molecule has 0 saturated heterocycles. The normalized spacial score (nSPS) is 14.2. The highest BCUT2D eigenvalue weighted by Gasteiger charge is 2.27. The quantitative estimate of drug-likeness (QED) is 0.854. The molecule has 3 rings (SSSR count). The molecular weight excluding hydrogens is 354 g/mol. The summed E-state index contributed by atoms with van der Waals surface area (Å²) >= 11 is 0. The third-order valence-electron chi connectivity index (χ3n) is 4.77. The number of nitrogens with zero attached hydrogens (tertiary/aromatic N) is 3. The number of carbonyl (C=O) groups excluding carboxylic acids is 1. The lowest BCUT2D eigenvalue weighted by atomic mass is 10.0. The zero-order valence-electron chi connectivity index (χ0n) is 16.0. The van der Waals surface area contributed by atoms with E-state index in [0.717, 1.165) is 60.3 Å². The smallest absolute Gasteiger partial charge is 0.254 e. The zero-order chi connectivity index (χ0) is 19.8. The topological polar surface area (TPSA) is 71.3 Å². The van der Waals surface area contributed by atoms with E-state index in [4.69, 9.17) is 4.52 Å². The molecule has 0 saturated carbocycles. The lowest BCUT2D eigenvalue weighted by Crippen LogP contribution is -2.30. The number of nitrogens with one attached hydrogen (secondary N) is 1. The Morgan fingerprint density at radius 2 is 2.11 bits per heavy atom. The van der Waals surface area contributed by atoms with Crippen molar-refractivity contribution in [1.82, 2.24) is 10.1 Å². The molecule has 8 heteroatoms. The highest BCUT2D eigenvalue weighted by atomic mass is 19.3. The maximum atomic E-state index is 13.0. The Labute approximate surface area is 156 Å². The molecule has 2 aromatic heterocycles. The van der Waals surface area contributed by atoms with Crippen LogP contribution < -0.4 is 10.2 Å². The van der Waals surface area contributed by atoms with Gasteiger partial charge in [-0.2, -0.15) is 0 Å². The molecule has 0 aromatic carbocycles. The van der Waals surface area contributed by atoms with Crippen molar-refractivity contribution in [3.63, 3.8) is 0 Å². The molecule has 1 N–H and O–H groups in total. The standard InChI is InChI=1S/C19H24F2N4O2/c1-11-8-15-14(22-18(11)23-17(26)9-19(4,20)21)6-5-7-25(15)10-16-12(2)13(3)24-27-16/h8H,5-7,9-10H2,1-4H3,(H,22,23,26). The van der Waals surface area contributed by atoms with Gasteiger partial charge < -0.3 is 14.7 Å². The van der Waals surface area contributed by atoms with Crippen molar-refractivity contribution in [1.29, 1.82) is 0 Å². The molecule has 1 amide bonds. The third kappa shape index (κ3) is 4.43. The summed E-state index contributed by atoms with van der Waals surface area (Å²) in [6, 6.07) is 1.94. The van der Waals surface area contributed by atoms with E-state index in [1.54, 1.807) is 0 Å². The van der Waals surface area contributed by atoms with Crippen LogP contribution in [0.25, 0.3) is 0 Å². The molecule has 3 heterocycles. The van der Waals surface area contributed by atoms with Crippen LogP contribution in [0.5, 0.6) is 0 Å². The van der Waals surface area contributed by atoms with Crippen LogP contribution in [0.3, 0.4) is 0 Å². The monoisotopic (exact) mass is 378 g/mol. The van der Waals surface area contributed by atoms with Gasteiger partial charge in [-0.05, 0) is 52.2 Å². The van der Waals surface area contributed by atoms with Crippen LogP contribution in [0.1, 0.15) is 48.0 Å². The number of hydrogen-bond acceptors (Lipinski definition) is 5. The summed E-state index contributed by atoms with van der Waals surface area (Å²) in [5, 5.41) is 6.52. The largest absolute Gasteiger partial charge is 0.362 e. The van der Waals surface area contributed by atoms with Gasteiger partial charge in [-0.25, -0.2) is 13.8 Å². The van der Waals surface area contributed by atoms with Gasteiger partial charge in [0.15, 0.2) is 5.76 Å². The molecule has 0 radical (unpaired) electrons. The Kier molecular flexibility index (Phi) is 5.17. The van der Waals surface area contributed by atoms with Crippen LogP contribution in [0.15, 0.2) is 10.6 Å². The van der Waals surface area contributed by atoms with Crippen molar-refractivity contribution in [3.05, 3.63) is 34.3 Å². The van der Waals surface area contributed by atoms with E-state index in [1.165, 1.54) is 0 Å². The van der Waals surface area contributed by atoms with Crippen molar-refractivity contribution >= 4 is 17.4 Å². The Morgan fingerprint density at radius 1 is 1.37 bits per heavy atom. The molecular formula is C19H24F2N4O2. The Morgan fingerprint density at radius 3 is 2.74 bits per heavy atom. The van der Waals surface area contributed by atoms with Gasteiger partial charge in [-0.15, -0.1) is 0 Å². The highest BCUT2D eigenvalue weighted by Crippen LogP contribution is 2.31. The first-order chi connectivity index (χ1) is 12.6. The van der Waals surface area contributed by atoms with Crippen molar-refractivity contribution in [2.45, 2.75) is 59.4 Å². The summed E-state index contributed by atoms with van der Waals surface area (Å²) in [6.45, 7) is 7.88. The Hall–Kier alpha value is -2.51. The Bertz CT molecular complexity index is 858. The molecule has 146 valence electrons. The van der Waals surface area contributed by atoms with Crippen LogP contribution in [0, 0.1) is 20.8 Å².